The van der Waals surface area contributed by atoms with E-state index in [1.807, 2.05) is 0 Å². The third-order valence-corrected chi connectivity index (χ3v) is 8.99. The number of aliphatic hydroxyl groups excluding tert-OH is 1. The predicted molar refractivity (Wildman–Crippen MR) is 189 cm³/mol. The van der Waals surface area contributed by atoms with Crippen LogP contribution >= 0.6 is 11.6 Å². The van der Waals surface area contributed by atoms with Gasteiger partial charge >= 0.3 is 0 Å². The minimum absolute atomic E-state index is 0.0560. The summed E-state index contributed by atoms with van der Waals surface area (Å²) in [7, 11) is 0. The highest BCUT2D eigenvalue weighted by atomic mass is 35.5. The molecule has 1 aromatic heterocycles. The van der Waals surface area contributed by atoms with Crippen molar-refractivity contribution in [3.05, 3.63) is 116 Å². The average molecular weight is 717 g/mol. The summed E-state index contributed by atoms with van der Waals surface area (Å²) in [5.41, 5.74) is 2.35. The molecular weight excluding hydrogens is 680 g/mol. The van der Waals surface area contributed by atoms with E-state index in [2.05, 4.69) is 5.32 Å². The van der Waals surface area contributed by atoms with Crippen LogP contribution in [0.2, 0.25) is 5.02 Å². The molecule has 0 saturated heterocycles. The third-order valence-electron chi connectivity index (χ3n) is 8.75. The molecule has 3 amide bonds. The lowest BCUT2D eigenvalue weighted by molar-refractivity contribution is -0.166. The first-order valence-corrected chi connectivity index (χ1v) is 17.0. The Morgan fingerprint density at radius 1 is 0.961 bits per heavy atom. The zero-order valence-electron chi connectivity index (χ0n) is 28.1. The van der Waals surface area contributed by atoms with Gasteiger partial charge in [-0.05, 0) is 80.4 Å². The van der Waals surface area contributed by atoms with Gasteiger partial charge in [0.25, 0.3) is 17.7 Å². The molecule has 2 aliphatic rings. The summed E-state index contributed by atoms with van der Waals surface area (Å²) in [4.78, 5) is 55.0. The van der Waals surface area contributed by atoms with Gasteiger partial charge in [-0.3, -0.25) is 19.2 Å². The molecule has 0 bridgehead atoms. The summed E-state index contributed by atoms with van der Waals surface area (Å²) in [5.74, 6) is -2.67. The number of fused-ring (bicyclic) bond motifs is 2. The highest BCUT2D eigenvalue weighted by molar-refractivity contribution is 6.37. The zero-order valence-corrected chi connectivity index (χ0v) is 28.8. The highest BCUT2D eigenvalue weighted by Gasteiger charge is 2.40. The number of aliphatic hydroxyl groups is 1. The molecule has 4 aromatic rings. The van der Waals surface area contributed by atoms with Crippen LogP contribution in [0.15, 0.2) is 88.0 Å². The molecule has 0 saturated carbocycles. The predicted octanol–water partition coefficient (Wildman–Crippen LogP) is 5.59. The van der Waals surface area contributed by atoms with Crippen molar-refractivity contribution in [2.45, 2.75) is 32.5 Å². The molecule has 3 aromatic carbocycles. The summed E-state index contributed by atoms with van der Waals surface area (Å²) >= 11 is 6.07. The Balaban J connectivity index is 1.26. The number of halogens is 1. The SMILES string of the molecule is CCO[C@H]1OC(C(=O)Nc2ccc(N3C(=O)c4ccc(Cl)cc4C3=O)c(C)c2)=C[C@@H](c2coc3ccccc3c2=O)[C@H]1CCOCCOCCO. The molecule has 0 spiro atoms. The van der Waals surface area contributed by atoms with Crippen molar-refractivity contribution in [1.82, 2.24) is 0 Å². The van der Waals surface area contributed by atoms with Crippen LogP contribution < -0.4 is 15.6 Å². The summed E-state index contributed by atoms with van der Waals surface area (Å²) < 4.78 is 29.1. The van der Waals surface area contributed by atoms with E-state index in [4.69, 9.17) is 40.1 Å². The molecule has 3 heterocycles. The van der Waals surface area contributed by atoms with E-state index < -0.39 is 35.8 Å². The van der Waals surface area contributed by atoms with Crippen LogP contribution in [0.25, 0.3) is 11.0 Å². The Kier molecular flexibility index (Phi) is 11.3. The van der Waals surface area contributed by atoms with Crippen LogP contribution in [0.4, 0.5) is 11.4 Å². The Hall–Kier alpha value is -4.85. The summed E-state index contributed by atoms with van der Waals surface area (Å²) in [6.45, 7) is 4.85. The van der Waals surface area contributed by atoms with Gasteiger partial charge in [-0.1, -0.05) is 23.7 Å². The lowest BCUT2D eigenvalue weighted by Crippen LogP contribution is -2.39. The van der Waals surface area contributed by atoms with Crippen LogP contribution in [0.3, 0.4) is 0 Å². The molecule has 0 unspecified atom stereocenters. The van der Waals surface area contributed by atoms with E-state index in [1.165, 1.54) is 18.4 Å². The number of benzene rings is 3. The highest BCUT2D eigenvalue weighted by Crippen LogP contribution is 2.39. The second-order valence-corrected chi connectivity index (χ2v) is 12.4. The number of amides is 3. The number of aryl methyl sites for hydroxylation is 1. The largest absolute Gasteiger partial charge is 0.464 e. The van der Waals surface area contributed by atoms with E-state index in [9.17, 15) is 19.2 Å². The Morgan fingerprint density at radius 3 is 2.49 bits per heavy atom. The molecule has 0 aliphatic carbocycles. The number of para-hydroxylation sites is 1. The molecule has 12 nitrogen and oxygen atoms in total. The lowest BCUT2D eigenvalue weighted by atomic mass is 9.81. The maximum absolute atomic E-state index is 13.8. The number of ether oxygens (including phenoxy) is 4. The van der Waals surface area contributed by atoms with Gasteiger partial charge < -0.3 is 33.8 Å². The van der Waals surface area contributed by atoms with Gasteiger partial charge in [0.1, 0.15) is 5.58 Å². The second-order valence-electron chi connectivity index (χ2n) is 12.0. The average Bonchev–Trinajstić information content (AvgIpc) is 3.36. The van der Waals surface area contributed by atoms with Crippen LogP contribution in [-0.2, 0) is 23.7 Å². The summed E-state index contributed by atoms with van der Waals surface area (Å²) in [6, 6.07) is 16.3. The van der Waals surface area contributed by atoms with Crippen LogP contribution in [0, 0.1) is 12.8 Å². The van der Waals surface area contributed by atoms with E-state index in [-0.39, 0.29) is 48.7 Å². The van der Waals surface area contributed by atoms with Gasteiger partial charge in [0, 0.05) is 41.3 Å². The summed E-state index contributed by atoms with van der Waals surface area (Å²) in [5, 5.41) is 12.5. The molecule has 13 heteroatoms. The topological polar surface area (TPSA) is 154 Å². The molecule has 266 valence electrons. The van der Waals surface area contributed by atoms with Crippen molar-refractivity contribution in [3.8, 4) is 0 Å². The quantitative estimate of drug-likeness (QED) is 0.125. The minimum Gasteiger partial charge on any atom is -0.464 e. The van der Waals surface area contributed by atoms with Gasteiger partial charge in [0.05, 0.1) is 54.9 Å². The number of hydrogen-bond acceptors (Lipinski definition) is 10. The number of nitrogens with zero attached hydrogens (tertiary/aromatic N) is 1. The molecule has 0 fully saturated rings. The number of allylic oxidation sites excluding steroid dienone is 1. The first-order valence-electron chi connectivity index (χ1n) is 16.6. The van der Waals surface area contributed by atoms with Crippen LogP contribution in [0.1, 0.15) is 51.1 Å². The normalized spacial score (nSPS) is 18.5. The second kappa shape index (κ2) is 16.0. The van der Waals surface area contributed by atoms with Crippen LogP contribution in [-0.4, -0.2) is 68.8 Å². The smallest absolute Gasteiger partial charge is 0.290 e. The van der Waals surface area contributed by atoms with Gasteiger partial charge in [-0.15, -0.1) is 0 Å². The maximum atomic E-state index is 13.8. The van der Waals surface area contributed by atoms with Crippen molar-refractivity contribution >= 4 is 51.7 Å². The fourth-order valence-corrected chi connectivity index (χ4v) is 6.50. The monoisotopic (exact) mass is 716 g/mol. The number of hydrogen-bond donors (Lipinski definition) is 2. The van der Waals surface area contributed by atoms with Crippen molar-refractivity contribution in [2.24, 2.45) is 5.92 Å². The van der Waals surface area contributed by atoms with Crippen molar-refractivity contribution in [2.75, 3.05) is 49.9 Å². The van der Waals surface area contributed by atoms with Crippen molar-refractivity contribution in [1.29, 1.82) is 0 Å². The number of imide groups is 1. The standard InChI is InChI=1S/C38H37ClN2O10/c1-3-49-38-26(12-14-47-16-17-48-15-13-42)28(30-21-50-32-7-5-4-6-27(32)34(30)43)20-33(51-38)35(44)40-24-9-11-31(22(2)18-24)41-36(45)25-10-8-23(39)19-29(25)37(41)46/h4-11,18-21,26,28,38,42H,3,12-17H2,1-2H3,(H,40,44)/t26-,28-,38+/m1/s1. The first-order chi connectivity index (χ1) is 24.7. The maximum Gasteiger partial charge on any atom is 0.290 e. The fraction of sp³-hybridized carbons (Fsp3) is 0.316. The van der Waals surface area contributed by atoms with E-state index in [0.29, 0.717) is 58.1 Å². The Bertz CT molecular complexity index is 2040. The molecular formula is C38H37ClN2O10. The molecule has 3 atom stereocenters. The molecule has 0 radical (unpaired) electrons. The fourth-order valence-electron chi connectivity index (χ4n) is 6.33. The Morgan fingerprint density at radius 2 is 1.73 bits per heavy atom. The molecule has 2 N–H and O–H groups in total. The Labute approximate surface area is 298 Å². The van der Waals surface area contributed by atoms with E-state index in [1.54, 1.807) is 68.5 Å². The van der Waals surface area contributed by atoms with Crippen molar-refractivity contribution < 1.29 is 42.9 Å². The molecule has 51 heavy (non-hydrogen) atoms. The van der Waals surface area contributed by atoms with Gasteiger partial charge in [0.2, 0.25) is 6.29 Å². The van der Waals surface area contributed by atoms with Gasteiger partial charge in [-0.2, -0.15) is 0 Å². The number of rotatable bonds is 14. The number of anilines is 2. The minimum atomic E-state index is -0.905. The number of nitrogens with one attached hydrogen (secondary N) is 1. The first kappa shape index (κ1) is 36.0. The lowest BCUT2D eigenvalue weighted by Gasteiger charge is -2.36. The summed E-state index contributed by atoms with van der Waals surface area (Å²) in [6.07, 6.45) is 2.53. The van der Waals surface area contributed by atoms with E-state index in [0.717, 1.165) is 4.90 Å². The van der Waals surface area contributed by atoms with E-state index >= 15 is 0 Å². The zero-order chi connectivity index (χ0) is 36.1. The van der Waals surface area contributed by atoms with Crippen molar-refractivity contribution in [3.63, 3.8) is 0 Å². The molecule has 6 rings (SSSR count). The van der Waals surface area contributed by atoms with Gasteiger partial charge in [-0.25, -0.2) is 4.90 Å². The number of carbonyl (C=O) groups is 3. The number of carbonyl (C=O) groups excluding carboxylic acids is 3. The molecule has 2 aliphatic heterocycles. The van der Waals surface area contributed by atoms with Crippen LogP contribution in [0.5, 0.6) is 0 Å². The third kappa shape index (κ3) is 7.60. The van der Waals surface area contributed by atoms with Gasteiger partial charge in [0.15, 0.2) is 11.2 Å².